The third kappa shape index (κ3) is 6.47. The van der Waals surface area contributed by atoms with E-state index in [0.29, 0.717) is 24.5 Å². The highest BCUT2D eigenvalue weighted by Gasteiger charge is 2.51. The second-order valence-corrected chi connectivity index (χ2v) is 14.9. The summed E-state index contributed by atoms with van der Waals surface area (Å²) in [7, 11) is -3.44. The molecule has 46 heavy (non-hydrogen) atoms. The molecule has 5 atom stereocenters. The molecule has 1 fully saturated rings. The van der Waals surface area contributed by atoms with Crippen molar-refractivity contribution in [1.29, 1.82) is 0 Å². The zero-order valence-electron chi connectivity index (χ0n) is 27.6. The number of amides is 1. The SMILES string of the molecule is CCCS(=O)(=O)C1=CC(C)C([C@H]2[C@H](C(=O)O)[C@@H](c3ccc4c(c3C)OCO4)CN2CC(=O)Nc2c(CC)cc(C)cc2CC)C=C1. The summed E-state index contributed by atoms with van der Waals surface area (Å²) < 4.78 is 37.1. The number of aliphatic carboxylic acids is 1. The molecule has 1 amide bonds. The summed E-state index contributed by atoms with van der Waals surface area (Å²) >= 11 is 0. The monoisotopic (exact) mass is 650 g/mol. The predicted molar refractivity (Wildman–Crippen MR) is 179 cm³/mol. The van der Waals surface area contributed by atoms with Crippen LogP contribution in [0.15, 0.2) is 47.4 Å². The first kappa shape index (κ1) is 33.7. The Morgan fingerprint density at radius 1 is 1.07 bits per heavy atom. The molecule has 0 aromatic heterocycles. The molecule has 2 unspecified atom stereocenters. The summed E-state index contributed by atoms with van der Waals surface area (Å²) in [5, 5.41) is 14.0. The van der Waals surface area contributed by atoms with E-state index in [0.717, 1.165) is 46.3 Å². The minimum atomic E-state index is -3.44. The lowest BCUT2D eigenvalue weighted by Gasteiger charge is -2.36. The number of carbonyl (C=O) groups excluding carboxylic acids is 1. The van der Waals surface area contributed by atoms with Gasteiger partial charge >= 0.3 is 5.97 Å². The molecule has 2 aromatic carbocycles. The van der Waals surface area contributed by atoms with Crippen molar-refractivity contribution in [2.75, 3.05) is 31.0 Å². The number of likely N-dealkylation sites (tertiary alicyclic amines) is 1. The summed E-state index contributed by atoms with van der Waals surface area (Å²) in [5.74, 6) is -1.75. The Labute approximate surface area is 272 Å². The summed E-state index contributed by atoms with van der Waals surface area (Å²) in [6.07, 6.45) is 7.26. The van der Waals surface area contributed by atoms with Crippen LogP contribution in [0.5, 0.6) is 11.5 Å². The van der Waals surface area contributed by atoms with Gasteiger partial charge in [-0.25, -0.2) is 8.42 Å². The van der Waals surface area contributed by atoms with Gasteiger partial charge in [-0.1, -0.05) is 63.6 Å². The lowest BCUT2D eigenvalue weighted by Crippen LogP contribution is -2.46. The highest BCUT2D eigenvalue weighted by Crippen LogP contribution is 2.48. The molecule has 2 heterocycles. The third-order valence-electron chi connectivity index (χ3n) is 9.73. The van der Waals surface area contributed by atoms with Crippen molar-refractivity contribution in [2.45, 2.75) is 72.8 Å². The topological polar surface area (TPSA) is 122 Å². The van der Waals surface area contributed by atoms with Crippen molar-refractivity contribution < 1.29 is 32.6 Å². The van der Waals surface area contributed by atoms with Crippen molar-refractivity contribution in [3.05, 3.63) is 75.2 Å². The van der Waals surface area contributed by atoms with Gasteiger partial charge in [0.1, 0.15) is 0 Å². The molecule has 2 aromatic rings. The molecule has 0 bridgehead atoms. The van der Waals surface area contributed by atoms with E-state index in [2.05, 4.69) is 38.2 Å². The Morgan fingerprint density at radius 2 is 1.76 bits per heavy atom. The average molecular weight is 651 g/mol. The molecule has 3 aliphatic rings. The fourth-order valence-corrected chi connectivity index (χ4v) is 9.07. The van der Waals surface area contributed by atoms with Gasteiger partial charge in [-0.3, -0.25) is 14.5 Å². The van der Waals surface area contributed by atoms with Crippen LogP contribution in [0.4, 0.5) is 5.69 Å². The Kier molecular flexibility index (Phi) is 9.98. The van der Waals surface area contributed by atoms with Crippen molar-refractivity contribution in [1.82, 2.24) is 4.90 Å². The molecule has 248 valence electrons. The zero-order chi connectivity index (χ0) is 33.3. The summed E-state index contributed by atoms with van der Waals surface area (Å²) in [6, 6.07) is 7.35. The molecule has 2 N–H and O–H groups in total. The number of fused-ring (bicyclic) bond motifs is 1. The van der Waals surface area contributed by atoms with Crippen molar-refractivity contribution >= 4 is 27.4 Å². The summed E-state index contributed by atoms with van der Waals surface area (Å²) in [6.45, 7) is 12.3. The van der Waals surface area contributed by atoms with E-state index in [9.17, 15) is 23.1 Å². The van der Waals surface area contributed by atoms with Crippen LogP contribution >= 0.6 is 0 Å². The molecular formula is C36H46N2O7S. The third-order valence-corrected chi connectivity index (χ3v) is 11.7. The second kappa shape index (κ2) is 13.6. The van der Waals surface area contributed by atoms with Crippen LogP contribution in [0.25, 0.3) is 0 Å². The van der Waals surface area contributed by atoms with Crippen molar-refractivity contribution in [3.63, 3.8) is 0 Å². The van der Waals surface area contributed by atoms with E-state index in [1.54, 1.807) is 12.2 Å². The number of sulfone groups is 1. The Morgan fingerprint density at radius 3 is 2.37 bits per heavy atom. The Bertz CT molecular complexity index is 1650. The van der Waals surface area contributed by atoms with Gasteiger partial charge in [0.2, 0.25) is 12.7 Å². The molecule has 0 saturated carbocycles. The standard InChI is InChI=1S/C36H46N2O7S/c1-7-14-46(42,43)26-10-11-27(22(5)17-26)34-32(36(40)41)29(28-12-13-30-35(23(28)6)45-20-44-30)18-38(34)19-31(39)37-33-24(8-2)15-21(4)16-25(33)9-3/h10-13,15-17,22,27,29,32,34H,7-9,14,18-20H2,1-6H3,(H,37,39)(H,40,41)/t22?,27?,29-,32-,34+/m1/s1. The first-order chi connectivity index (χ1) is 21.9. The lowest BCUT2D eigenvalue weighted by atomic mass is 9.74. The lowest BCUT2D eigenvalue weighted by molar-refractivity contribution is -0.144. The normalized spacial score (nSPS) is 24.2. The number of hydrogen-bond acceptors (Lipinski definition) is 7. The Balaban J connectivity index is 1.52. The number of rotatable bonds is 11. The molecule has 0 spiro atoms. The number of ether oxygens (including phenoxy) is 2. The van der Waals surface area contributed by atoms with Crippen molar-refractivity contribution in [3.8, 4) is 11.5 Å². The minimum absolute atomic E-state index is 0.00348. The maximum Gasteiger partial charge on any atom is 0.308 e. The van der Waals surface area contributed by atoms with E-state index in [-0.39, 0.29) is 41.7 Å². The highest BCUT2D eigenvalue weighted by atomic mass is 32.2. The number of carbonyl (C=O) groups is 2. The summed E-state index contributed by atoms with van der Waals surface area (Å²) in [5.41, 5.74) is 5.78. The van der Waals surface area contributed by atoms with Crippen LogP contribution in [0.2, 0.25) is 0 Å². The number of aryl methyl sites for hydroxylation is 3. The van der Waals surface area contributed by atoms with Crippen LogP contribution in [0, 0.1) is 31.6 Å². The first-order valence-electron chi connectivity index (χ1n) is 16.3. The smallest absolute Gasteiger partial charge is 0.308 e. The number of carboxylic acid groups (broad SMARTS) is 1. The van der Waals surface area contributed by atoms with Crippen molar-refractivity contribution in [2.24, 2.45) is 17.8 Å². The van der Waals surface area contributed by atoms with E-state index in [1.165, 1.54) is 0 Å². The van der Waals surface area contributed by atoms with Gasteiger partial charge in [0.25, 0.3) is 0 Å². The number of nitrogens with zero attached hydrogens (tertiary/aromatic N) is 1. The van der Waals surface area contributed by atoms with Gasteiger partial charge in [-0.05, 0) is 79.3 Å². The molecule has 2 aliphatic heterocycles. The van der Waals surface area contributed by atoms with Gasteiger partial charge in [0.05, 0.1) is 23.1 Å². The Hall–Kier alpha value is -3.63. The molecule has 1 aliphatic carbocycles. The van der Waals surface area contributed by atoms with Crippen LogP contribution < -0.4 is 14.8 Å². The van der Waals surface area contributed by atoms with Gasteiger partial charge in [-0.15, -0.1) is 0 Å². The van der Waals surface area contributed by atoms with Gasteiger partial charge in [-0.2, -0.15) is 0 Å². The van der Waals surface area contributed by atoms with Crippen LogP contribution in [-0.4, -0.2) is 62.0 Å². The number of allylic oxidation sites excluding steroid dienone is 2. The first-order valence-corrected chi connectivity index (χ1v) is 18.0. The fraction of sp³-hybridized carbons (Fsp3) is 0.500. The molecule has 9 nitrogen and oxygen atoms in total. The number of anilines is 1. The van der Waals surface area contributed by atoms with E-state index in [1.807, 2.05) is 43.9 Å². The largest absolute Gasteiger partial charge is 0.481 e. The van der Waals surface area contributed by atoms with E-state index >= 15 is 0 Å². The predicted octanol–water partition coefficient (Wildman–Crippen LogP) is 5.80. The maximum absolute atomic E-state index is 13.8. The minimum Gasteiger partial charge on any atom is -0.481 e. The second-order valence-electron chi connectivity index (χ2n) is 12.8. The molecular weight excluding hydrogens is 604 g/mol. The van der Waals surface area contributed by atoms with Crippen LogP contribution in [0.3, 0.4) is 0 Å². The molecule has 1 saturated heterocycles. The van der Waals surface area contributed by atoms with Crippen LogP contribution in [0.1, 0.15) is 67.9 Å². The summed E-state index contributed by atoms with van der Waals surface area (Å²) in [4.78, 5) is 29.3. The van der Waals surface area contributed by atoms with Gasteiger partial charge in [0, 0.05) is 24.2 Å². The average Bonchev–Trinajstić information content (AvgIpc) is 3.63. The number of nitrogens with one attached hydrogen (secondary N) is 1. The molecule has 5 rings (SSSR count). The molecule has 0 radical (unpaired) electrons. The maximum atomic E-state index is 13.8. The van der Waals surface area contributed by atoms with Gasteiger partial charge in [0.15, 0.2) is 21.3 Å². The van der Waals surface area contributed by atoms with Gasteiger partial charge < -0.3 is 19.9 Å². The highest BCUT2D eigenvalue weighted by molar-refractivity contribution is 7.95. The van der Waals surface area contributed by atoms with Crippen LogP contribution in [-0.2, 0) is 32.3 Å². The van der Waals surface area contributed by atoms with E-state index < -0.39 is 33.7 Å². The number of hydrogen-bond donors (Lipinski definition) is 2. The van der Waals surface area contributed by atoms with E-state index in [4.69, 9.17) is 9.47 Å². The zero-order valence-corrected chi connectivity index (χ0v) is 28.4. The number of benzene rings is 2. The quantitative estimate of drug-likeness (QED) is 0.313. The molecule has 10 heteroatoms. The fourth-order valence-electron chi connectivity index (χ4n) is 7.59. The number of carboxylic acids is 1.